The molecular formula is C21H26OSi. The number of aldehydes is 1. The molecule has 0 heterocycles. The van der Waals surface area contributed by atoms with Crippen molar-refractivity contribution in [2.75, 3.05) is 0 Å². The van der Waals surface area contributed by atoms with Crippen molar-refractivity contribution in [3.8, 4) is 0 Å². The molecule has 0 unspecified atom stereocenters. The lowest BCUT2D eigenvalue weighted by molar-refractivity contribution is 0.112. The number of carbonyl (C=O) groups is 1. The van der Waals surface area contributed by atoms with Gasteiger partial charge in [0.1, 0.15) is 6.29 Å². The van der Waals surface area contributed by atoms with E-state index in [2.05, 4.69) is 56.1 Å². The van der Waals surface area contributed by atoms with Crippen molar-refractivity contribution in [3.05, 3.63) is 76.9 Å². The first-order valence-electron chi connectivity index (χ1n) is 8.27. The first-order valence-corrected chi connectivity index (χ1v) is 12.0. The molecule has 0 aromatic heterocycles. The molecule has 2 aromatic carbocycles. The zero-order valence-electron chi connectivity index (χ0n) is 14.4. The minimum atomic E-state index is -1.04. The lowest BCUT2D eigenvalue weighted by Crippen LogP contribution is -2.17. The van der Waals surface area contributed by atoms with Crippen molar-refractivity contribution in [2.24, 2.45) is 0 Å². The topological polar surface area (TPSA) is 17.1 Å². The standard InChI is InChI=1S/C21H26OSi/c1-23(2,3)16-8-13-18-9-4-5-10-19(18)14-15-20-11-6-7-12-21(20)17-22/h4-13,17H,14-16H2,1-3H3/b13-8+. The maximum Gasteiger partial charge on any atom is 0.150 e. The van der Waals surface area contributed by atoms with E-state index in [-0.39, 0.29) is 0 Å². The third-order valence-electron chi connectivity index (χ3n) is 3.93. The highest BCUT2D eigenvalue weighted by Crippen LogP contribution is 2.17. The summed E-state index contributed by atoms with van der Waals surface area (Å²) < 4.78 is 0. The normalized spacial score (nSPS) is 11.8. The fourth-order valence-electron chi connectivity index (χ4n) is 2.61. The quantitative estimate of drug-likeness (QED) is 0.476. The van der Waals surface area contributed by atoms with E-state index in [1.807, 2.05) is 24.3 Å². The van der Waals surface area contributed by atoms with Crippen molar-refractivity contribution < 1.29 is 4.79 Å². The molecule has 0 radical (unpaired) electrons. The maximum absolute atomic E-state index is 11.1. The Morgan fingerprint density at radius 2 is 1.35 bits per heavy atom. The molecule has 0 saturated carbocycles. The number of aryl methyl sites for hydroxylation is 2. The second kappa shape index (κ2) is 8.07. The summed E-state index contributed by atoms with van der Waals surface area (Å²) in [5.74, 6) is 0. The zero-order chi connectivity index (χ0) is 16.7. The van der Waals surface area contributed by atoms with Crippen LogP contribution in [-0.4, -0.2) is 14.4 Å². The summed E-state index contributed by atoms with van der Waals surface area (Å²) in [7, 11) is -1.04. The molecule has 0 fully saturated rings. The van der Waals surface area contributed by atoms with Crippen LogP contribution in [0.3, 0.4) is 0 Å². The molecule has 2 aromatic rings. The van der Waals surface area contributed by atoms with Crippen LogP contribution in [0.5, 0.6) is 0 Å². The fourth-order valence-corrected chi connectivity index (χ4v) is 3.44. The van der Waals surface area contributed by atoms with Gasteiger partial charge < -0.3 is 0 Å². The molecule has 0 bridgehead atoms. The van der Waals surface area contributed by atoms with Crippen LogP contribution in [0, 0.1) is 0 Å². The van der Waals surface area contributed by atoms with Gasteiger partial charge in [0, 0.05) is 13.6 Å². The third kappa shape index (κ3) is 5.64. The summed E-state index contributed by atoms with van der Waals surface area (Å²) in [4.78, 5) is 11.1. The minimum absolute atomic E-state index is 0.805. The van der Waals surface area contributed by atoms with Crippen molar-refractivity contribution in [1.82, 2.24) is 0 Å². The SMILES string of the molecule is C[Si](C)(C)C/C=C/c1ccccc1CCc1ccccc1C=O. The highest BCUT2D eigenvalue weighted by atomic mass is 28.3. The van der Waals surface area contributed by atoms with Crippen LogP contribution in [0.2, 0.25) is 25.7 Å². The molecule has 0 aliphatic rings. The van der Waals surface area contributed by atoms with Crippen LogP contribution in [0.25, 0.3) is 6.08 Å². The third-order valence-corrected chi connectivity index (χ3v) is 5.39. The van der Waals surface area contributed by atoms with Gasteiger partial charge in [-0.1, -0.05) is 80.3 Å². The Morgan fingerprint density at radius 3 is 1.91 bits per heavy atom. The number of allylic oxidation sites excluding steroid dienone is 1. The summed E-state index contributed by atoms with van der Waals surface area (Å²) in [6, 6.07) is 17.6. The van der Waals surface area contributed by atoms with E-state index < -0.39 is 8.07 Å². The highest BCUT2D eigenvalue weighted by molar-refractivity contribution is 6.76. The molecule has 0 atom stereocenters. The molecule has 2 heteroatoms. The van der Waals surface area contributed by atoms with E-state index in [0.29, 0.717) is 0 Å². The molecule has 0 spiro atoms. The Bertz CT molecular complexity index is 680. The Balaban J connectivity index is 2.10. The second-order valence-electron chi connectivity index (χ2n) is 7.18. The molecule has 0 amide bonds. The number of hydrogen-bond acceptors (Lipinski definition) is 1. The summed E-state index contributed by atoms with van der Waals surface area (Å²) in [5.41, 5.74) is 4.58. The Kier molecular flexibility index (Phi) is 6.11. The molecule has 2 rings (SSSR count). The predicted octanol–water partition coefficient (Wildman–Crippen LogP) is 5.64. The van der Waals surface area contributed by atoms with Gasteiger partial charge in [0.2, 0.25) is 0 Å². The molecule has 0 aliphatic heterocycles. The van der Waals surface area contributed by atoms with Gasteiger partial charge in [-0.05, 0) is 35.6 Å². The van der Waals surface area contributed by atoms with Crippen molar-refractivity contribution in [3.63, 3.8) is 0 Å². The van der Waals surface area contributed by atoms with Gasteiger partial charge >= 0.3 is 0 Å². The van der Waals surface area contributed by atoms with Gasteiger partial charge in [0.25, 0.3) is 0 Å². The summed E-state index contributed by atoms with van der Waals surface area (Å²) in [6.07, 6.45) is 7.39. The Hall–Kier alpha value is -1.93. The zero-order valence-corrected chi connectivity index (χ0v) is 15.4. The smallest absolute Gasteiger partial charge is 0.150 e. The number of benzene rings is 2. The lowest BCUT2D eigenvalue weighted by Gasteiger charge is -2.12. The van der Waals surface area contributed by atoms with Crippen molar-refractivity contribution >= 4 is 20.4 Å². The fraction of sp³-hybridized carbons (Fsp3) is 0.286. The summed E-state index contributed by atoms with van der Waals surface area (Å²) in [5, 5.41) is 0. The van der Waals surface area contributed by atoms with Gasteiger partial charge in [0.05, 0.1) is 0 Å². The van der Waals surface area contributed by atoms with Gasteiger partial charge in [0.15, 0.2) is 0 Å². The first-order chi connectivity index (χ1) is 11.0. The Morgan fingerprint density at radius 1 is 0.826 bits per heavy atom. The largest absolute Gasteiger partial charge is 0.298 e. The van der Waals surface area contributed by atoms with Crippen LogP contribution in [0.1, 0.15) is 27.0 Å². The average molecular weight is 323 g/mol. The van der Waals surface area contributed by atoms with E-state index >= 15 is 0 Å². The average Bonchev–Trinajstić information content (AvgIpc) is 2.53. The van der Waals surface area contributed by atoms with E-state index in [1.54, 1.807) is 0 Å². The predicted molar refractivity (Wildman–Crippen MR) is 103 cm³/mol. The second-order valence-corrected chi connectivity index (χ2v) is 12.7. The van der Waals surface area contributed by atoms with Gasteiger partial charge in [-0.2, -0.15) is 0 Å². The minimum Gasteiger partial charge on any atom is -0.298 e. The van der Waals surface area contributed by atoms with Gasteiger partial charge in [-0.25, -0.2) is 0 Å². The van der Waals surface area contributed by atoms with Crippen LogP contribution < -0.4 is 0 Å². The monoisotopic (exact) mass is 322 g/mol. The number of hydrogen-bond donors (Lipinski definition) is 0. The molecular weight excluding hydrogens is 296 g/mol. The van der Waals surface area contributed by atoms with E-state index in [9.17, 15) is 4.79 Å². The molecule has 0 saturated heterocycles. The van der Waals surface area contributed by atoms with Gasteiger partial charge in [-0.3, -0.25) is 4.79 Å². The summed E-state index contributed by atoms with van der Waals surface area (Å²) >= 11 is 0. The molecule has 0 N–H and O–H groups in total. The van der Waals surface area contributed by atoms with Gasteiger partial charge in [-0.15, -0.1) is 0 Å². The van der Waals surface area contributed by atoms with Crippen LogP contribution in [0.4, 0.5) is 0 Å². The van der Waals surface area contributed by atoms with Crippen LogP contribution in [-0.2, 0) is 12.8 Å². The first kappa shape index (κ1) is 17.4. The van der Waals surface area contributed by atoms with E-state index in [1.165, 1.54) is 17.2 Å². The van der Waals surface area contributed by atoms with E-state index in [4.69, 9.17) is 0 Å². The highest BCUT2D eigenvalue weighted by Gasteiger charge is 2.09. The lowest BCUT2D eigenvalue weighted by atomic mass is 9.97. The number of carbonyl (C=O) groups excluding carboxylic acids is 1. The van der Waals surface area contributed by atoms with Crippen LogP contribution in [0.15, 0.2) is 54.6 Å². The molecule has 120 valence electrons. The van der Waals surface area contributed by atoms with E-state index in [0.717, 1.165) is 30.3 Å². The Labute approximate surface area is 141 Å². The van der Waals surface area contributed by atoms with Crippen molar-refractivity contribution in [2.45, 2.75) is 38.5 Å². The maximum atomic E-state index is 11.1. The molecule has 23 heavy (non-hydrogen) atoms. The number of rotatable bonds is 7. The van der Waals surface area contributed by atoms with Crippen LogP contribution >= 0.6 is 0 Å². The van der Waals surface area contributed by atoms with Crippen molar-refractivity contribution in [1.29, 1.82) is 0 Å². The molecule has 0 aliphatic carbocycles. The molecule has 1 nitrogen and oxygen atoms in total. The summed E-state index contributed by atoms with van der Waals surface area (Å²) in [6.45, 7) is 7.17.